The van der Waals surface area contributed by atoms with Crippen LogP contribution in [0.4, 0.5) is 0 Å². The lowest BCUT2D eigenvalue weighted by Crippen LogP contribution is -2.11. The lowest BCUT2D eigenvalue weighted by atomic mass is 10.5. The Morgan fingerprint density at radius 3 is 3.08 bits per heavy atom. The molecule has 0 N–H and O–H groups in total. The Balaban J connectivity index is 2.41. The number of rotatable bonds is 4. The van der Waals surface area contributed by atoms with E-state index in [1.807, 2.05) is 19.9 Å². The maximum Gasteiger partial charge on any atom is 0.212 e. The molecule has 4 nitrogen and oxygen atoms in total. The zero-order valence-electron chi connectivity index (χ0n) is 7.90. The summed E-state index contributed by atoms with van der Waals surface area (Å²) in [5.41, 5.74) is 0. The third kappa shape index (κ3) is 2.88. The lowest BCUT2D eigenvalue weighted by Gasteiger charge is -2.07. The summed E-state index contributed by atoms with van der Waals surface area (Å²) in [4.78, 5) is 3.88. The van der Waals surface area contributed by atoms with Gasteiger partial charge in [-0.3, -0.25) is 0 Å². The molecule has 0 saturated carbocycles. The molecule has 0 spiro atoms. The second-order valence-electron chi connectivity index (χ2n) is 2.98. The van der Waals surface area contributed by atoms with Crippen molar-refractivity contribution >= 4 is 0 Å². The highest BCUT2D eigenvalue weighted by atomic mass is 16.5. The van der Waals surface area contributed by atoms with Gasteiger partial charge in [-0.15, -0.1) is 0 Å². The zero-order chi connectivity index (χ0) is 9.68. The van der Waals surface area contributed by atoms with Crippen LogP contribution < -0.4 is 0 Å². The van der Waals surface area contributed by atoms with E-state index >= 15 is 0 Å². The van der Waals surface area contributed by atoms with Crippen molar-refractivity contribution in [1.29, 1.82) is 5.26 Å². The van der Waals surface area contributed by atoms with Gasteiger partial charge >= 0.3 is 0 Å². The fraction of sp³-hybridized carbons (Fsp3) is 0.556. The van der Waals surface area contributed by atoms with E-state index in [2.05, 4.69) is 4.98 Å². The molecule has 0 aliphatic carbocycles. The van der Waals surface area contributed by atoms with E-state index in [9.17, 15) is 0 Å². The van der Waals surface area contributed by atoms with Crippen molar-refractivity contribution in [3.05, 3.63) is 18.2 Å². The highest BCUT2D eigenvalue weighted by molar-refractivity contribution is 5.10. The van der Waals surface area contributed by atoms with Gasteiger partial charge < -0.3 is 9.30 Å². The lowest BCUT2D eigenvalue weighted by molar-refractivity contribution is 0.0726. The van der Waals surface area contributed by atoms with E-state index < -0.39 is 0 Å². The van der Waals surface area contributed by atoms with Crippen LogP contribution in [0.2, 0.25) is 0 Å². The van der Waals surface area contributed by atoms with Crippen LogP contribution in [0.15, 0.2) is 12.4 Å². The topological polar surface area (TPSA) is 50.8 Å². The van der Waals surface area contributed by atoms with Crippen LogP contribution in [-0.2, 0) is 11.3 Å². The van der Waals surface area contributed by atoms with E-state index in [0.29, 0.717) is 19.0 Å². The first kappa shape index (κ1) is 9.75. The molecule has 70 valence electrons. The second kappa shape index (κ2) is 4.63. The summed E-state index contributed by atoms with van der Waals surface area (Å²) in [6.45, 7) is 5.27. The zero-order valence-corrected chi connectivity index (χ0v) is 7.90. The first-order valence-corrected chi connectivity index (χ1v) is 4.27. The molecule has 1 heterocycles. The Bertz CT molecular complexity index is 298. The van der Waals surface area contributed by atoms with E-state index in [-0.39, 0.29) is 6.10 Å². The minimum atomic E-state index is 0.231. The van der Waals surface area contributed by atoms with Crippen LogP contribution in [0.1, 0.15) is 19.7 Å². The molecule has 0 fully saturated rings. The number of nitriles is 1. The summed E-state index contributed by atoms with van der Waals surface area (Å²) < 4.78 is 7.14. The summed E-state index contributed by atoms with van der Waals surface area (Å²) in [5, 5.41) is 8.64. The average Bonchev–Trinajstić information content (AvgIpc) is 2.51. The molecule has 0 atom stereocenters. The average molecular weight is 179 g/mol. The Morgan fingerprint density at radius 1 is 1.69 bits per heavy atom. The fourth-order valence-electron chi connectivity index (χ4n) is 0.989. The predicted octanol–water partition coefficient (Wildman–Crippen LogP) is 1.18. The standard InChI is InChI=1S/C9H13N3O/c1-8(2)13-6-5-12-4-3-11-9(12)7-10/h3-4,8H,5-6H2,1-2H3. The fourth-order valence-corrected chi connectivity index (χ4v) is 0.989. The Kier molecular flexibility index (Phi) is 3.47. The maximum atomic E-state index is 8.64. The van der Waals surface area contributed by atoms with E-state index in [1.165, 1.54) is 0 Å². The normalized spacial score (nSPS) is 10.3. The molecular formula is C9H13N3O. The second-order valence-corrected chi connectivity index (χ2v) is 2.98. The molecule has 1 rings (SSSR count). The van der Waals surface area contributed by atoms with E-state index in [4.69, 9.17) is 10.00 Å². The van der Waals surface area contributed by atoms with Gasteiger partial charge in [0.1, 0.15) is 6.07 Å². The first-order chi connectivity index (χ1) is 6.24. The van der Waals surface area contributed by atoms with Gasteiger partial charge in [0.15, 0.2) is 0 Å². The molecule has 0 aromatic carbocycles. The van der Waals surface area contributed by atoms with Gasteiger partial charge in [-0.2, -0.15) is 5.26 Å². The quantitative estimate of drug-likeness (QED) is 0.697. The Hall–Kier alpha value is -1.34. The number of aromatic nitrogens is 2. The number of imidazole rings is 1. The van der Waals surface area contributed by atoms with Gasteiger partial charge in [0.2, 0.25) is 5.82 Å². The summed E-state index contributed by atoms with van der Waals surface area (Å²) >= 11 is 0. The molecule has 0 aliphatic heterocycles. The van der Waals surface area contributed by atoms with Crippen molar-refractivity contribution in [3.63, 3.8) is 0 Å². The predicted molar refractivity (Wildman–Crippen MR) is 48.0 cm³/mol. The van der Waals surface area contributed by atoms with Gasteiger partial charge in [-0.1, -0.05) is 0 Å². The van der Waals surface area contributed by atoms with Gasteiger partial charge in [-0.25, -0.2) is 4.98 Å². The van der Waals surface area contributed by atoms with Crippen LogP contribution in [0.5, 0.6) is 0 Å². The number of ether oxygens (including phenoxy) is 1. The monoisotopic (exact) mass is 179 g/mol. The summed E-state index contributed by atoms with van der Waals surface area (Å²) in [6.07, 6.45) is 3.63. The van der Waals surface area contributed by atoms with Crippen LogP contribution in [-0.4, -0.2) is 22.3 Å². The molecule has 0 saturated heterocycles. The molecule has 1 aromatic rings. The van der Waals surface area contributed by atoms with Gasteiger partial charge in [0, 0.05) is 18.9 Å². The van der Waals surface area contributed by atoms with Crippen molar-refractivity contribution in [3.8, 4) is 6.07 Å². The van der Waals surface area contributed by atoms with Crippen LogP contribution >= 0.6 is 0 Å². The van der Waals surface area contributed by atoms with Crippen molar-refractivity contribution in [2.24, 2.45) is 0 Å². The number of hydrogen-bond acceptors (Lipinski definition) is 3. The molecule has 0 radical (unpaired) electrons. The van der Waals surface area contributed by atoms with E-state index in [0.717, 1.165) is 0 Å². The number of hydrogen-bond donors (Lipinski definition) is 0. The molecule has 0 unspecified atom stereocenters. The van der Waals surface area contributed by atoms with Crippen LogP contribution in [0.25, 0.3) is 0 Å². The van der Waals surface area contributed by atoms with Gasteiger partial charge in [0.25, 0.3) is 0 Å². The molecule has 1 aromatic heterocycles. The summed E-state index contributed by atoms with van der Waals surface area (Å²) in [6, 6.07) is 2.01. The van der Waals surface area contributed by atoms with Crippen LogP contribution in [0.3, 0.4) is 0 Å². The minimum absolute atomic E-state index is 0.231. The van der Waals surface area contributed by atoms with Crippen molar-refractivity contribution in [2.45, 2.75) is 26.5 Å². The smallest absolute Gasteiger partial charge is 0.212 e. The van der Waals surface area contributed by atoms with Crippen molar-refractivity contribution < 1.29 is 4.74 Å². The molecule has 0 aliphatic rings. The molecule has 4 heteroatoms. The van der Waals surface area contributed by atoms with Gasteiger partial charge in [0.05, 0.1) is 12.7 Å². The summed E-state index contributed by atoms with van der Waals surface area (Å²) in [7, 11) is 0. The Morgan fingerprint density at radius 2 is 2.46 bits per heavy atom. The van der Waals surface area contributed by atoms with Crippen molar-refractivity contribution in [2.75, 3.05) is 6.61 Å². The first-order valence-electron chi connectivity index (χ1n) is 4.27. The third-order valence-electron chi connectivity index (χ3n) is 1.60. The Labute approximate surface area is 77.8 Å². The van der Waals surface area contributed by atoms with Crippen LogP contribution in [0, 0.1) is 11.3 Å². The highest BCUT2D eigenvalue weighted by Gasteiger charge is 2.00. The molecular weight excluding hydrogens is 166 g/mol. The number of nitrogens with zero attached hydrogens (tertiary/aromatic N) is 3. The SMILES string of the molecule is CC(C)OCCn1ccnc1C#N. The largest absolute Gasteiger partial charge is 0.377 e. The highest BCUT2D eigenvalue weighted by Crippen LogP contribution is 1.96. The van der Waals surface area contributed by atoms with Crippen molar-refractivity contribution in [1.82, 2.24) is 9.55 Å². The third-order valence-corrected chi connectivity index (χ3v) is 1.60. The maximum absolute atomic E-state index is 8.64. The molecule has 13 heavy (non-hydrogen) atoms. The molecule has 0 amide bonds. The van der Waals surface area contributed by atoms with Gasteiger partial charge in [-0.05, 0) is 13.8 Å². The minimum Gasteiger partial charge on any atom is -0.377 e. The molecule has 0 bridgehead atoms. The van der Waals surface area contributed by atoms with E-state index in [1.54, 1.807) is 17.0 Å². The summed E-state index contributed by atoms with van der Waals surface area (Å²) in [5.74, 6) is 0.437.